The zero-order valence-electron chi connectivity index (χ0n) is 13.0. The van der Waals surface area contributed by atoms with E-state index >= 15 is 0 Å². The molecule has 1 fully saturated rings. The number of allylic oxidation sites excluding steroid dienone is 2. The normalized spacial score (nSPS) is 33.5. The Balaban J connectivity index is 2.14. The van der Waals surface area contributed by atoms with Crippen LogP contribution in [0.5, 0.6) is 0 Å². The van der Waals surface area contributed by atoms with Gasteiger partial charge in [0.2, 0.25) is 0 Å². The van der Waals surface area contributed by atoms with E-state index in [0.717, 1.165) is 19.3 Å². The number of aliphatic hydroxyl groups excluding tert-OH is 1. The SMILES string of the molecule is CC(C)[C@H]1CC[C@H](C)C[C@@H]1OS(=O)(=O)C1C=CC=C1CO. The van der Waals surface area contributed by atoms with E-state index in [1.807, 2.05) is 0 Å². The smallest absolute Gasteiger partial charge is 0.278 e. The van der Waals surface area contributed by atoms with Crippen LogP contribution >= 0.6 is 0 Å². The fraction of sp³-hybridized carbons (Fsp3) is 0.750. The van der Waals surface area contributed by atoms with E-state index in [1.54, 1.807) is 18.2 Å². The zero-order chi connectivity index (χ0) is 15.6. The molecule has 0 radical (unpaired) electrons. The van der Waals surface area contributed by atoms with Gasteiger partial charge < -0.3 is 5.11 Å². The molecule has 2 rings (SSSR count). The first-order chi connectivity index (χ1) is 9.85. The van der Waals surface area contributed by atoms with Crippen molar-refractivity contribution in [2.75, 3.05) is 6.61 Å². The summed E-state index contributed by atoms with van der Waals surface area (Å²) in [5.74, 6) is 1.18. The summed E-state index contributed by atoms with van der Waals surface area (Å²) in [7, 11) is -3.73. The summed E-state index contributed by atoms with van der Waals surface area (Å²) in [6, 6.07) is 0. The Kier molecular flexibility index (Phi) is 5.28. The minimum absolute atomic E-state index is 0.243. The van der Waals surface area contributed by atoms with E-state index < -0.39 is 15.4 Å². The molecule has 0 aliphatic heterocycles. The molecule has 0 heterocycles. The summed E-state index contributed by atoms with van der Waals surface area (Å²) in [5.41, 5.74) is 0.486. The van der Waals surface area contributed by atoms with Gasteiger partial charge in [-0.2, -0.15) is 8.42 Å². The molecule has 0 spiro atoms. The number of aliphatic hydroxyl groups is 1. The largest absolute Gasteiger partial charge is 0.392 e. The molecule has 0 saturated heterocycles. The Morgan fingerprint density at radius 3 is 2.71 bits per heavy atom. The second kappa shape index (κ2) is 6.63. The maximum absolute atomic E-state index is 12.5. The fourth-order valence-corrected chi connectivity index (χ4v) is 4.87. The van der Waals surface area contributed by atoms with Crippen LogP contribution in [-0.2, 0) is 14.3 Å². The third kappa shape index (κ3) is 3.76. The lowest BCUT2D eigenvalue weighted by molar-refractivity contribution is 0.0507. The lowest BCUT2D eigenvalue weighted by Crippen LogP contribution is -2.38. The van der Waals surface area contributed by atoms with E-state index in [0.29, 0.717) is 17.4 Å². The number of rotatable bonds is 5. The van der Waals surface area contributed by atoms with Gasteiger partial charge in [-0.15, -0.1) is 0 Å². The average Bonchev–Trinajstić information content (AvgIpc) is 2.87. The van der Waals surface area contributed by atoms with Gasteiger partial charge in [0, 0.05) is 0 Å². The van der Waals surface area contributed by atoms with Crippen LogP contribution in [0.1, 0.15) is 40.0 Å². The molecule has 21 heavy (non-hydrogen) atoms. The standard InChI is InChI=1S/C16H26O4S/c1-11(2)14-8-7-12(3)9-15(14)20-21(18,19)16-6-4-5-13(16)10-17/h4-6,11-12,14-17H,7-10H2,1-3H3/t12-,14+,15-,16?/m0/s1. The molecule has 2 aliphatic carbocycles. The highest BCUT2D eigenvalue weighted by atomic mass is 32.2. The first kappa shape index (κ1) is 16.7. The maximum Gasteiger partial charge on any atom is 0.278 e. The highest BCUT2D eigenvalue weighted by molar-refractivity contribution is 7.87. The molecule has 5 heteroatoms. The van der Waals surface area contributed by atoms with Gasteiger partial charge in [0.05, 0.1) is 12.7 Å². The minimum atomic E-state index is -3.73. The first-order valence-electron chi connectivity index (χ1n) is 7.75. The van der Waals surface area contributed by atoms with Crippen molar-refractivity contribution >= 4 is 10.1 Å². The van der Waals surface area contributed by atoms with Crippen LogP contribution in [0.4, 0.5) is 0 Å². The predicted octanol–water partition coefficient (Wildman–Crippen LogP) is 2.65. The molecule has 0 amide bonds. The molecule has 0 aromatic rings. The van der Waals surface area contributed by atoms with Gasteiger partial charge in [-0.1, -0.05) is 45.4 Å². The Morgan fingerprint density at radius 1 is 1.38 bits per heavy atom. The molecule has 0 aromatic carbocycles. The molecule has 1 unspecified atom stereocenters. The first-order valence-corrected chi connectivity index (χ1v) is 9.22. The lowest BCUT2D eigenvalue weighted by atomic mass is 9.75. The van der Waals surface area contributed by atoms with Crippen LogP contribution in [-0.4, -0.2) is 31.5 Å². The highest BCUT2D eigenvalue weighted by Gasteiger charge is 2.38. The highest BCUT2D eigenvalue weighted by Crippen LogP contribution is 2.37. The predicted molar refractivity (Wildman–Crippen MR) is 83.2 cm³/mol. The van der Waals surface area contributed by atoms with Crippen molar-refractivity contribution in [1.82, 2.24) is 0 Å². The lowest BCUT2D eigenvalue weighted by Gasteiger charge is -2.37. The Labute approximate surface area is 128 Å². The maximum atomic E-state index is 12.5. The van der Waals surface area contributed by atoms with Crippen molar-refractivity contribution in [2.45, 2.75) is 51.4 Å². The van der Waals surface area contributed by atoms with Gasteiger partial charge in [0.25, 0.3) is 10.1 Å². The van der Waals surface area contributed by atoms with Crippen LogP contribution in [0, 0.1) is 17.8 Å². The molecule has 1 N–H and O–H groups in total. The van der Waals surface area contributed by atoms with Gasteiger partial charge in [-0.05, 0) is 36.2 Å². The molecule has 4 atom stereocenters. The van der Waals surface area contributed by atoms with Gasteiger partial charge in [0.1, 0.15) is 5.25 Å². The summed E-state index contributed by atoms with van der Waals surface area (Å²) in [4.78, 5) is 0. The second-order valence-corrected chi connectivity index (χ2v) is 8.34. The quantitative estimate of drug-likeness (QED) is 0.792. The molecule has 1 saturated carbocycles. The van der Waals surface area contributed by atoms with Crippen molar-refractivity contribution in [3.63, 3.8) is 0 Å². The summed E-state index contributed by atoms with van der Waals surface area (Å²) in [6.07, 6.45) is 7.59. The number of hydrogen-bond donors (Lipinski definition) is 1. The van der Waals surface area contributed by atoms with Crippen molar-refractivity contribution in [1.29, 1.82) is 0 Å². The van der Waals surface area contributed by atoms with Crippen LogP contribution in [0.3, 0.4) is 0 Å². The van der Waals surface area contributed by atoms with E-state index in [1.165, 1.54) is 0 Å². The van der Waals surface area contributed by atoms with E-state index in [-0.39, 0.29) is 18.6 Å². The summed E-state index contributed by atoms with van der Waals surface area (Å²) in [6.45, 7) is 6.14. The Hall–Kier alpha value is -0.650. The van der Waals surface area contributed by atoms with Gasteiger partial charge in [-0.3, -0.25) is 4.18 Å². The van der Waals surface area contributed by atoms with Crippen molar-refractivity contribution < 1.29 is 17.7 Å². The van der Waals surface area contributed by atoms with Gasteiger partial charge >= 0.3 is 0 Å². The molecular weight excluding hydrogens is 288 g/mol. The fourth-order valence-electron chi connectivity index (χ4n) is 3.38. The third-order valence-electron chi connectivity index (χ3n) is 4.67. The topological polar surface area (TPSA) is 63.6 Å². The van der Waals surface area contributed by atoms with Crippen LogP contribution in [0.2, 0.25) is 0 Å². The average molecular weight is 314 g/mol. The monoisotopic (exact) mass is 314 g/mol. The van der Waals surface area contributed by atoms with Gasteiger partial charge in [-0.25, -0.2) is 0 Å². The third-order valence-corrected chi connectivity index (χ3v) is 6.27. The van der Waals surface area contributed by atoms with E-state index in [9.17, 15) is 13.5 Å². The van der Waals surface area contributed by atoms with Gasteiger partial charge in [0.15, 0.2) is 0 Å². The molecule has 120 valence electrons. The minimum Gasteiger partial charge on any atom is -0.392 e. The van der Waals surface area contributed by atoms with Crippen LogP contribution in [0.25, 0.3) is 0 Å². The Morgan fingerprint density at radius 2 is 2.10 bits per heavy atom. The van der Waals surface area contributed by atoms with Crippen LogP contribution < -0.4 is 0 Å². The summed E-state index contributed by atoms with van der Waals surface area (Å²) in [5, 5.41) is 8.43. The summed E-state index contributed by atoms with van der Waals surface area (Å²) < 4.78 is 30.6. The molecular formula is C16H26O4S. The molecule has 0 bridgehead atoms. The molecule has 2 aliphatic rings. The Bertz CT molecular complexity index is 518. The van der Waals surface area contributed by atoms with Crippen molar-refractivity contribution in [3.8, 4) is 0 Å². The number of hydrogen-bond acceptors (Lipinski definition) is 4. The van der Waals surface area contributed by atoms with Crippen molar-refractivity contribution in [2.24, 2.45) is 17.8 Å². The summed E-state index contributed by atoms with van der Waals surface area (Å²) >= 11 is 0. The van der Waals surface area contributed by atoms with E-state index in [2.05, 4.69) is 20.8 Å². The van der Waals surface area contributed by atoms with Crippen molar-refractivity contribution in [3.05, 3.63) is 23.8 Å². The molecule has 0 aromatic heterocycles. The molecule has 4 nitrogen and oxygen atoms in total. The van der Waals surface area contributed by atoms with E-state index in [4.69, 9.17) is 4.18 Å². The second-order valence-electron chi connectivity index (χ2n) is 6.66. The van der Waals surface area contributed by atoms with Crippen LogP contribution in [0.15, 0.2) is 23.8 Å². The zero-order valence-corrected chi connectivity index (χ0v) is 13.8.